The van der Waals surface area contributed by atoms with Gasteiger partial charge >= 0.3 is 6.09 Å². The number of ether oxygens (including phenoxy) is 1. The molecule has 7 heteroatoms. The zero-order valence-electron chi connectivity index (χ0n) is 13.1. The first kappa shape index (κ1) is 16.2. The molecule has 0 aromatic rings. The summed E-state index contributed by atoms with van der Waals surface area (Å²) in [5.41, 5.74) is 6.04. The van der Waals surface area contributed by atoms with Crippen LogP contribution in [0.25, 0.3) is 0 Å². The lowest BCUT2D eigenvalue weighted by molar-refractivity contribution is 0.0103. The molecular weight excluding hydrogens is 292 g/mol. The average Bonchev–Trinajstić information content (AvgIpc) is 2.40. The highest BCUT2D eigenvalue weighted by Gasteiger charge is 2.35. The van der Waals surface area contributed by atoms with Gasteiger partial charge in [0, 0.05) is 19.8 Å². The summed E-state index contributed by atoms with van der Waals surface area (Å²) in [5, 5.41) is 0. The van der Waals surface area contributed by atoms with Crippen molar-refractivity contribution < 1.29 is 9.53 Å². The minimum absolute atomic E-state index is 0.00514. The average molecular weight is 317 g/mol. The zero-order chi connectivity index (χ0) is 15.6. The fourth-order valence-electron chi connectivity index (χ4n) is 2.62. The Hall–Kier alpha value is -1.14. The first-order valence-electron chi connectivity index (χ1n) is 7.37. The number of likely N-dealkylation sites (tertiary alicyclic amines) is 1. The molecule has 1 saturated heterocycles. The smallest absolute Gasteiger partial charge is 0.410 e. The second-order valence-corrected chi connectivity index (χ2v) is 6.90. The van der Waals surface area contributed by atoms with Crippen LogP contribution in [-0.4, -0.2) is 46.8 Å². The molecule has 0 aromatic heterocycles. The lowest BCUT2D eigenvalue weighted by atomic mass is 9.99. The fourth-order valence-corrected chi connectivity index (χ4v) is 2.80. The van der Waals surface area contributed by atoms with E-state index in [9.17, 15) is 4.79 Å². The number of nitrogens with zero attached hydrogens (tertiary/aromatic N) is 2. The molecule has 2 atom stereocenters. The third kappa shape index (κ3) is 3.95. The summed E-state index contributed by atoms with van der Waals surface area (Å²) in [5.74, 6) is 0. The number of hydrazine groups is 1. The van der Waals surface area contributed by atoms with E-state index in [1.807, 2.05) is 43.8 Å². The Morgan fingerprint density at radius 3 is 2.81 bits per heavy atom. The Kier molecular flexibility index (Phi) is 4.88. The van der Waals surface area contributed by atoms with Gasteiger partial charge < -0.3 is 15.1 Å². The van der Waals surface area contributed by atoms with Crippen LogP contribution in [-0.2, 0) is 4.74 Å². The van der Waals surface area contributed by atoms with E-state index in [1.165, 1.54) is 0 Å². The minimum atomic E-state index is -0.485. The van der Waals surface area contributed by atoms with E-state index < -0.39 is 5.60 Å². The SMILES string of the molecule is CN1C([C@@H]2CCCCN2C(=O)OC(C)(C)C)=CNNC1Cl. The summed E-state index contributed by atoms with van der Waals surface area (Å²) >= 11 is 6.19. The standard InChI is InChI=1S/C14H25ClN4O2/c1-14(2,3)21-13(20)19-8-6-5-7-10(19)11-9-16-17-12(15)18(11)4/h9-10,12,16-17H,5-8H2,1-4H3/t10-,12?/m0/s1. The Labute approximate surface area is 131 Å². The Bertz CT molecular complexity index is 422. The number of nitrogens with one attached hydrogen (secondary N) is 2. The number of alkyl halides is 1. The molecule has 0 saturated carbocycles. The van der Waals surface area contributed by atoms with E-state index >= 15 is 0 Å². The monoisotopic (exact) mass is 316 g/mol. The van der Waals surface area contributed by atoms with Crippen molar-refractivity contribution in [1.29, 1.82) is 0 Å². The summed E-state index contributed by atoms with van der Waals surface area (Å²) in [6.45, 7) is 6.37. The van der Waals surface area contributed by atoms with Gasteiger partial charge in [-0.05, 0) is 40.0 Å². The van der Waals surface area contributed by atoms with E-state index in [2.05, 4.69) is 10.9 Å². The van der Waals surface area contributed by atoms with Crippen LogP contribution in [0.2, 0.25) is 0 Å². The quantitative estimate of drug-likeness (QED) is 0.573. The van der Waals surface area contributed by atoms with Crippen LogP contribution < -0.4 is 10.9 Å². The third-order valence-electron chi connectivity index (χ3n) is 3.64. The van der Waals surface area contributed by atoms with Crippen molar-refractivity contribution in [1.82, 2.24) is 20.7 Å². The number of hydrogen-bond acceptors (Lipinski definition) is 5. The van der Waals surface area contributed by atoms with Crippen molar-refractivity contribution in [2.45, 2.75) is 57.3 Å². The van der Waals surface area contributed by atoms with Gasteiger partial charge in [-0.3, -0.25) is 4.90 Å². The maximum atomic E-state index is 12.4. The maximum Gasteiger partial charge on any atom is 0.410 e. The van der Waals surface area contributed by atoms with Crippen molar-refractivity contribution in [2.24, 2.45) is 0 Å². The van der Waals surface area contributed by atoms with Crippen molar-refractivity contribution in [2.75, 3.05) is 13.6 Å². The number of carbonyl (C=O) groups is 1. The summed E-state index contributed by atoms with van der Waals surface area (Å²) in [6, 6.07) is -0.00514. The van der Waals surface area contributed by atoms with Gasteiger partial charge in [0.05, 0.1) is 11.7 Å². The van der Waals surface area contributed by atoms with E-state index in [-0.39, 0.29) is 17.8 Å². The van der Waals surface area contributed by atoms with Crippen LogP contribution in [0, 0.1) is 0 Å². The van der Waals surface area contributed by atoms with Crippen molar-refractivity contribution in [3.63, 3.8) is 0 Å². The molecule has 1 unspecified atom stereocenters. The van der Waals surface area contributed by atoms with Gasteiger partial charge in [-0.1, -0.05) is 11.6 Å². The predicted octanol–water partition coefficient (Wildman–Crippen LogP) is 2.18. The van der Waals surface area contributed by atoms with Crippen LogP contribution >= 0.6 is 11.6 Å². The van der Waals surface area contributed by atoms with Crippen LogP contribution in [0.1, 0.15) is 40.0 Å². The molecule has 2 rings (SSSR count). The molecule has 2 N–H and O–H groups in total. The number of rotatable bonds is 1. The molecule has 1 amide bonds. The fraction of sp³-hybridized carbons (Fsp3) is 0.786. The van der Waals surface area contributed by atoms with Gasteiger partial charge in [-0.2, -0.15) is 0 Å². The molecule has 0 radical (unpaired) electrons. The van der Waals surface area contributed by atoms with E-state index in [0.29, 0.717) is 6.54 Å². The minimum Gasteiger partial charge on any atom is -0.444 e. The summed E-state index contributed by atoms with van der Waals surface area (Å²) in [6.07, 6.45) is 4.62. The molecule has 2 aliphatic rings. The molecule has 6 nitrogen and oxygen atoms in total. The van der Waals surface area contributed by atoms with Gasteiger partial charge in [0.2, 0.25) is 0 Å². The van der Waals surface area contributed by atoms with Crippen molar-refractivity contribution >= 4 is 17.7 Å². The number of amides is 1. The molecular formula is C14H25ClN4O2. The second-order valence-electron chi connectivity index (χ2n) is 6.49. The van der Waals surface area contributed by atoms with Gasteiger partial charge in [0.1, 0.15) is 5.60 Å². The van der Waals surface area contributed by atoms with E-state index in [4.69, 9.17) is 16.3 Å². The number of piperidine rings is 1. The molecule has 0 aliphatic carbocycles. The number of hydrogen-bond donors (Lipinski definition) is 2. The highest BCUT2D eigenvalue weighted by Crippen LogP contribution is 2.28. The molecule has 0 bridgehead atoms. The number of carbonyl (C=O) groups excluding carboxylic acids is 1. The van der Waals surface area contributed by atoms with E-state index in [1.54, 1.807) is 0 Å². The predicted molar refractivity (Wildman–Crippen MR) is 82.3 cm³/mol. The zero-order valence-corrected chi connectivity index (χ0v) is 13.9. The van der Waals surface area contributed by atoms with Gasteiger partial charge in [-0.25, -0.2) is 10.2 Å². The number of likely N-dealkylation sites (N-methyl/N-ethyl adjacent to an activating group) is 1. The van der Waals surface area contributed by atoms with Crippen molar-refractivity contribution in [3.05, 3.63) is 11.9 Å². The van der Waals surface area contributed by atoms with Crippen molar-refractivity contribution in [3.8, 4) is 0 Å². The molecule has 1 fully saturated rings. The lowest BCUT2D eigenvalue weighted by Crippen LogP contribution is -2.55. The summed E-state index contributed by atoms with van der Waals surface area (Å²) in [4.78, 5) is 16.2. The van der Waals surface area contributed by atoms with Crippen LogP contribution in [0.4, 0.5) is 4.79 Å². The van der Waals surface area contributed by atoms with Crippen LogP contribution in [0.3, 0.4) is 0 Å². The topological polar surface area (TPSA) is 56.8 Å². The summed E-state index contributed by atoms with van der Waals surface area (Å²) in [7, 11) is 1.92. The first-order valence-corrected chi connectivity index (χ1v) is 7.81. The van der Waals surface area contributed by atoms with Gasteiger partial charge in [-0.15, -0.1) is 0 Å². The van der Waals surface area contributed by atoms with Gasteiger partial charge in [0.25, 0.3) is 0 Å². The normalized spacial score (nSPS) is 27.0. The third-order valence-corrected chi connectivity index (χ3v) is 4.04. The molecule has 2 aliphatic heterocycles. The molecule has 2 heterocycles. The highest BCUT2D eigenvalue weighted by atomic mass is 35.5. The molecule has 120 valence electrons. The lowest BCUT2D eigenvalue weighted by Gasteiger charge is -2.43. The number of halogens is 1. The molecule has 0 spiro atoms. The van der Waals surface area contributed by atoms with Crippen LogP contribution in [0.5, 0.6) is 0 Å². The Balaban J connectivity index is 2.15. The second kappa shape index (κ2) is 6.32. The molecule has 0 aromatic carbocycles. The highest BCUT2D eigenvalue weighted by molar-refractivity contribution is 6.20. The first-order chi connectivity index (χ1) is 9.79. The van der Waals surface area contributed by atoms with Crippen LogP contribution in [0.15, 0.2) is 11.9 Å². The summed E-state index contributed by atoms with van der Waals surface area (Å²) < 4.78 is 5.53. The Morgan fingerprint density at radius 2 is 2.14 bits per heavy atom. The van der Waals surface area contributed by atoms with Gasteiger partial charge in [0.15, 0.2) is 5.62 Å². The van der Waals surface area contributed by atoms with E-state index in [0.717, 1.165) is 25.0 Å². The largest absolute Gasteiger partial charge is 0.444 e. The maximum absolute atomic E-state index is 12.4. The molecule has 21 heavy (non-hydrogen) atoms. The Morgan fingerprint density at radius 1 is 1.43 bits per heavy atom.